The van der Waals surface area contributed by atoms with E-state index in [9.17, 15) is 14.4 Å². The summed E-state index contributed by atoms with van der Waals surface area (Å²) in [5.41, 5.74) is 9.84. The Morgan fingerprint density at radius 1 is 0.850 bits per heavy atom. The van der Waals surface area contributed by atoms with Crippen molar-refractivity contribution in [1.82, 2.24) is 0 Å². The number of ether oxygens (including phenoxy) is 1. The van der Waals surface area contributed by atoms with E-state index in [1.807, 2.05) is 37.3 Å². The van der Waals surface area contributed by atoms with Crippen molar-refractivity contribution in [2.75, 3.05) is 28.4 Å². The molecular weight excluding hydrogens is 528 g/mol. The monoisotopic (exact) mass is 556 g/mol. The lowest BCUT2D eigenvalue weighted by molar-refractivity contribution is 0.0606. The van der Waals surface area contributed by atoms with Crippen molar-refractivity contribution in [3.05, 3.63) is 106 Å². The Hall–Kier alpha value is -5.16. The summed E-state index contributed by atoms with van der Waals surface area (Å²) in [6.45, 7) is 1.97. The van der Waals surface area contributed by atoms with Crippen LogP contribution in [-0.2, 0) is 4.74 Å². The fraction of sp³-hybridized carbons (Fsp3) is 0.103. The van der Waals surface area contributed by atoms with E-state index < -0.39 is 12.0 Å². The second-order valence-corrected chi connectivity index (χ2v) is 9.66. The molecular formula is C29H28N6O4S. The second-order valence-electron chi connectivity index (χ2n) is 8.75. The number of nitrogens with one attached hydrogen (secondary N) is 5. The molecule has 0 aliphatic heterocycles. The van der Waals surface area contributed by atoms with Gasteiger partial charge >= 0.3 is 12.0 Å². The summed E-state index contributed by atoms with van der Waals surface area (Å²) < 4.78 is 4.70. The van der Waals surface area contributed by atoms with Gasteiger partial charge in [-0.1, -0.05) is 24.3 Å². The smallest absolute Gasteiger partial charge is 0.348 e. The molecule has 4 aromatic rings. The number of hydrogen-bond donors (Lipinski definition) is 6. The molecule has 0 aliphatic rings. The van der Waals surface area contributed by atoms with Crippen LogP contribution in [0, 0.1) is 5.41 Å². The third kappa shape index (κ3) is 7.03. The van der Waals surface area contributed by atoms with Crippen LogP contribution in [0.5, 0.6) is 0 Å². The molecule has 0 saturated heterocycles. The van der Waals surface area contributed by atoms with Gasteiger partial charge in [-0.3, -0.25) is 10.2 Å². The maximum absolute atomic E-state index is 12.7. The maximum Gasteiger partial charge on any atom is 0.348 e. The molecule has 0 saturated carbocycles. The number of nitrogen functional groups attached to an aromatic ring is 1. The highest BCUT2D eigenvalue weighted by Gasteiger charge is 2.14. The molecule has 1 heterocycles. The van der Waals surface area contributed by atoms with Crippen molar-refractivity contribution in [2.45, 2.75) is 13.0 Å². The number of anilines is 4. The van der Waals surface area contributed by atoms with E-state index in [1.165, 1.54) is 18.4 Å². The van der Waals surface area contributed by atoms with Gasteiger partial charge in [-0.2, -0.15) is 0 Å². The number of nitrogens with two attached hydrogens (primary N) is 1. The normalized spacial score (nSPS) is 11.2. The highest BCUT2D eigenvalue weighted by atomic mass is 32.1. The molecule has 1 aromatic heterocycles. The molecule has 10 nitrogen and oxygen atoms in total. The molecule has 204 valence electrons. The van der Waals surface area contributed by atoms with Gasteiger partial charge in [-0.25, -0.2) is 9.59 Å². The van der Waals surface area contributed by atoms with Crippen molar-refractivity contribution >= 4 is 57.8 Å². The largest absolute Gasteiger partial charge is 0.465 e. The number of methoxy groups -OCH3 is 1. The van der Waals surface area contributed by atoms with Gasteiger partial charge in [0, 0.05) is 28.2 Å². The molecule has 1 unspecified atom stereocenters. The molecule has 40 heavy (non-hydrogen) atoms. The molecule has 1 atom stereocenters. The SMILES string of the molecule is COC(=O)c1cc(NC(=O)c2ccc(C(C)Nc3ccccc3NC(=O)Nc3ccc(C(=N)N)cc3)cc2)cs1. The van der Waals surface area contributed by atoms with E-state index in [-0.39, 0.29) is 17.8 Å². The molecule has 7 N–H and O–H groups in total. The van der Waals surface area contributed by atoms with Gasteiger partial charge in [0.25, 0.3) is 5.91 Å². The van der Waals surface area contributed by atoms with E-state index in [0.717, 1.165) is 11.3 Å². The van der Waals surface area contributed by atoms with E-state index in [4.69, 9.17) is 15.9 Å². The van der Waals surface area contributed by atoms with Gasteiger partial charge in [0.2, 0.25) is 0 Å². The topological polar surface area (TPSA) is 158 Å². The van der Waals surface area contributed by atoms with Crippen LogP contribution in [0.3, 0.4) is 0 Å². The van der Waals surface area contributed by atoms with Gasteiger partial charge in [-0.15, -0.1) is 11.3 Å². The third-order valence-electron chi connectivity index (χ3n) is 5.92. The number of para-hydroxylation sites is 2. The van der Waals surface area contributed by atoms with Crippen molar-refractivity contribution in [3.63, 3.8) is 0 Å². The van der Waals surface area contributed by atoms with Crippen LogP contribution in [0.2, 0.25) is 0 Å². The van der Waals surface area contributed by atoms with Gasteiger partial charge in [-0.05, 0) is 67.1 Å². The molecule has 11 heteroatoms. The Morgan fingerprint density at radius 2 is 1.50 bits per heavy atom. The lowest BCUT2D eigenvalue weighted by Crippen LogP contribution is -2.21. The minimum atomic E-state index is -0.450. The van der Waals surface area contributed by atoms with Crippen molar-refractivity contribution in [3.8, 4) is 0 Å². The molecule has 0 aliphatic carbocycles. The molecule has 4 rings (SSSR count). The summed E-state index contributed by atoms with van der Waals surface area (Å²) >= 11 is 1.19. The van der Waals surface area contributed by atoms with Crippen LogP contribution in [0.15, 0.2) is 84.2 Å². The number of hydrogen-bond acceptors (Lipinski definition) is 7. The predicted molar refractivity (Wildman–Crippen MR) is 159 cm³/mol. The number of urea groups is 1. The Labute approximate surface area is 235 Å². The van der Waals surface area contributed by atoms with Crippen molar-refractivity contribution < 1.29 is 19.1 Å². The van der Waals surface area contributed by atoms with Crippen LogP contribution in [-0.4, -0.2) is 30.9 Å². The summed E-state index contributed by atoms with van der Waals surface area (Å²) in [5.74, 6) is -0.788. The Balaban J connectivity index is 1.36. The molecule has 0 spiro atoms. The summed E-state index contributed by atoms with van der Waals surface area (Å²) in [5, 5.41) is 20.9. The van der Waals surface area contributed by atoms with Gasteiger partial charge in [0.05, 0.1) is 24.2 Å². The molecule has 3 aromatic carbocycles. The maximum atomic E-state index is 12.7. The van der Waals surface area contributed by atoms with Crippen LogP contribution in [0.4, 0.5) is 27.5 Å². The van der Waals surface area contributed by atoms with E-state index >= 15 is 0 Å². The molecule has 0 fully saturated rings. The van der Waals surface area contributed by atoms with Gasteiger partial charge in [0.15, 0.2) is 0 Å². The van der Waals surface area contributed by atoms with Gasteiger partial charge < -0.3 is 31.7 Å². The molecule has 0 radical (unpaired) electrons. The highest BCUT2D eigenvalue weighted by molar-refractivity contribution is 7.12. The number of rotatable bonds is 9. The average Bonchev–Trinajstić information content (AvgIpc) is 3.42. The zero-order valence-electron chi connectivity index (χ0n) is 21.8. The summed E-state index contributed by atoms with van der Waals surface area (Å²) in [6.07, 6.45) is 0. The van der Waals surface area contributed by atoms with E-state index in [1.54, 1.807) is 53.9 Å². The summed E-state index contributed by atoms with van der Waals surface area (Å²) in [7, 11) is 1.31. The number of amidine groups is 1. The Kier molecular flexibility index (Phi) is 8.77. The molecule has 3 amide bonds. The average molecular weight is 557 g/mol. The van der Waals surface area contributed by atoms with Gasteiger partial charge in [0.1, 0.15) is 10.7 Å². The first-order chi connectivity index (χ1) is 19.2. The summed E-state index contributed by atoms with van der Waals surface area (Å²) in [4.78, 5) is 37.3. The number of thiophene rings is 1. The third-order valence-corrected chi connectivity index (χ3v) is 6.83. The minimum absolute atomic E-state index is 0.0445. The first-order valence-corrected chi connectivity index (χ1v) is 13.1. The highest BCUT2D eigenvalue weighted by Crippen LogP contribution is 2.27. The zero-order chi connectivity index (χ0) is 28.6. The molecule has 0 bridgehead atoms. The van der Waals surface area contributed by atoms with Crippen LogP contribution >= 0.6 is 11.3 Å². The predicted octanol–water partition coefficient (Wildman–Crippen LogP) is 5.89. The van der Waals surface area contributed by atoms with Crippen LogP contribution in [0.1, 0.15) is 44.1 Å². The fourth-order valence-electron chi connectivity index (χ4n) is 3.79. The Bertz CT molecular complexity index is 1530. The van der Waals surface area contributed by atoms with E-state index in [0.29, 0.717) is 33.1 Å². The minimum Gasteiger partial charge on any atom is -0.465 e. The first-order valence-electron chi connectivity index (χ1n) is 12.2. The number of amides is 3. The standard InChI is InChI=1S/C29H28N6O4S/c1-17(18-7-9-20(10-8-18)27(36)33-22-15-25(40-16-22)28(37)39-2)32-23-5-3-4-6-24(23)35-29(38)34-21-13-11-19(12-14-21)26(30)31/h3-17,32H,1-2H3,(H3,30,31)(H,33,36)(H2,34,35,38). The fourth-order valence-corrected chi connectivity index (χ4v) is 4.54. The number of benzene rings is 3. The van der Waals surface area contributed by atoms with Crippen molar-refractivity contribution in [1.29, 1.82) is 5.41 Å². The summed E-state index contributed by atoms with van der Waals surface area (Å²) in [6, 6.07) is 22.2. The Morgan fingerprint density at radius 3 is 2.15 bits per heavy atom. The number of carbonyl (C=O) groups is 3. The van der Waals surface area contributed by atoms with Crippen molar-refractivity contribution in [2.24, 2.45) is 5.73 Å². The quantitative estimate of drug-likeness (QED) is 0.0857. The lowest BCUT2D eigenvalue weighted by Gasteiger charge is -2.19. The first kappa shape index (κ1) is 27.9. The zero-order valence-corrected chi connectivity index (χ0v) is 22.6. The lowest BCUT2D eigenvalue weighted by atomic mass is 10.0. The van der Waals surface area contributed by atoms with Crippen LogP contribution in [0.25, 0.3) is 0 Å². The van der Waals surface area contributed by atoms with E-state index in [2.05, 4.69) is 21.3 Å². The van der Waals surface area contributed by atoms with Crippen LogP contribution < -0.4 is 27.0 Å². The second kappa shape index (κ2) is 12.6. The number of carbonyl (C=O) groups excluding carboxylic acids is 3. The number of esters is 1.